The fraction of sp³-hybridized carbons (Fsp3) is 0.600. The Bertz CT molecular complexity index is 427. The van der Waals surface area contributed by atoms with Gasteiger partial charge in [0, 0.05) is 23.0 Å². The van der Waals surface area contributed by atoms with Crippen LogP contribution in [0, 0.1) is 11.7 Å². The molecule has 1 aromatic rings. The summed E-state index contributed by atoms with van der Waals surface area (Å²) in [5.74, 6) is 0.337. The van der Waals surface area contributed by atoms with Gasteiger partial charge < -0.3 is 10.1 Å². The monoisotopic (exact) mass is 329 g/mol. The molecular weight excluding hydrogens is 309 g/mol. The van der Waals surface area contributed by atoms with Crippen LogP contribution in [0.1, 0.15) is 25.3 Å². The molecule has 1 aromatic carbocycles. The summed E-state index contributed by atoms with van der Waals surface area (Å²) in [6, 6.07) is 5.39. The van der Waals surface area contributed by atoms with E-state index in [0.717, 1.165) is 29.5 Å². The summed E-state index contributed by atoms with van der Waals surface area (Å²) in [4.78, 5) is 0. The zero-order chi connectivity index (χ0) is 13.8. The van der Waals surface area contributed by atoms with Crippen molar-refractivity contribution < 1.29 is 9.13 Å². The molecule has 2 nitrogen and oxygen atoms in total. The molecule has 1 saturated heterocycles. The maximum atomic E-state index is 13.9. The summed E-state index contributed by atoms with van der Waals surface area (Å²) in [7, 11) is 1.95. The molecule has 1 heterocycles. The zero-order valence-corrected chi connectivity index (χ0v) is 13.0. The van der Waals surface area contributed by atoms with Crippen LogP contribution in [0.5, 0.6) is 0 Å². The molecule has 0 spiro atoms. The third-order valence-electron chi connectivity index (χ3n) is 4.00. The van der Waals surface area contributed by atoms with Crippen molar-refractivity contribution in [3.8, 4) is 0 Å². The van der Waals surface area contributed by atoms with E-state index < -0.39 is 0 Å². The van der Waals surface area contributed by atoms with Gasteiger partial charge in [0.2, 0.25) is 0 Å². The largest absolute Gasteiger partial charge is 0.378 e. The molecule has 19 heavy (non-hydrogen) atoms. The number of hydrogen-bond donors (Lipinski definition) is 1. The fourth-order valence-corrected chi connectivity index (χ4v) is 3.36. The van der Waals surface area contributed by atoms with Crippen molar-refractivity contribution in [2.75, 3.05) is 13.7 Å². The Morgan fingerprint density at radius 2 is 2.32 bits per heavy atom. The summed E-state index contributed by atoms with van der Waals surface area (Å²) in [5, 5.41) is 3.34. The molecule has 4 heteroatoms. The van der Waals surface area contributed by atoms with Crippen LogP contribution < -0.4 is 5.32 Å². The lowest BCUT2D eigenvalue weighted by atomic mass is 9.87. The van der Waals surface area contributed by atoms with Crippen LogP contribution in [0.25, 0.3) is 0 Å². The lowest BCUT2D eigenvalue weighted by molar-refractivity contribution is 0.0782. The van der Waals surface area contributed by atoms with Crippen LogP contribution in [0.2, 0.25) is 0 Å². The first-order valence-corrected chi connectivity index (χ1v) is 7.67. The zero-order valence-electron chi connectivity index (χ0n) is 11.5. The Labute approximate surface area is 122 Å². The fourth-order valence-electron chi connectivity index (χ4n) is 2.95. The van der Waals surface area contributed by atoms with Gasteiger partial charge in [-0.15, -0.1) is 0 Å². The second-order valence-electron chi connectivity index (χ2n) is 5.11. The van der Waals surface area contributed by atoms with Crippen molar-refractivity contribution in [3.63, 3.8) is 0 Å². The molecule has 1 aliphatic rings. The van der Waals surface area contributed by atoms with Crippen LogP contribution in [-0.2, 0) is 11.2 Å². The van der Waals surface area contributed by atoms with E-state index >= 15 is 0 Å². The van der Waals surface area contributed by atoms with E-state index in [1.54, 1.807) is 6.07 Å². The number of hydrogen-bond acceptors (Lipinski definition) is 2. The Balaban J connectivity index is 2.12. The van der Waals surface area contributed by atoms with Gasteiger partial charge in [-0.2, -0.15) is 0 Å². The van der Waals surface area contributed by atoms with Crippen LogP contribution in [0.4, 0.5) is 4.39 Å². The lowest BCUT2D eigenvalue weighted by Gasteiger charge is -2.27. The smallest absolute Gasteiger partial charge is 0.126 e. The average molecular weight is 330 g/mol. The molecule has 2 rings (SSSR count). The molecule has 3 atom stereocenters. The summed E-state index contributed by atoms with van der Waals surface area (Å²) >= 11 is 3.41. The predicted octanol–water partition coefficient (Wildman–Crippen LogP) is 3.53. The molecule has 0 saturated carbocycles. The molecule has 1 fully saturated rings. The molecule has 0 bridgehead atoms. The van der Waals surface area contributed by atoms with Gasteiger partial charge >= 0.3 is 0 Å². The minimum Gasteiger partial charge on any atom is -0.378 e. The number of benzene rings is 1. The molecule has 0 radical (unpaired) electrons. The van der Waals surface area contributed by atoms with Gasteiger partial charge in [-0.25, -0.2) is 4.39 Å². The summed E-state index contributed by atoms with van der Waals surface area (Å²) < 4.78 is 20.5. The first-order chi connectivity index (χ1) is 9.15. The van der Waals surface area contributed by atoms with E-state index in [4.69, 9.17) is 4.74 Å². The van der Waals surface area contributed by atoms with Crippen molar-refractivity contribution in [1.82, 2.24) is 5.32 Å². The molecular formula is C15H21BrFNO. The van der Waals surface area contributed by atoms with Gasteiger partial charge in [0.25, 0.3) is 0 Å². The van der Waals surface area contributed by atoms with Crippen LogP contribution >= 0.6 is 15.9 Å². The van der Waals surface area contributed by atoms with Crippen molar-refractivity contribution in [1.29, 1.82) is 0 Å². The second-order valence-corrected chi connectivity index (χ2v) is 6.02. The van der Waals surface area contributed by atoms with Gasteiger partial charge in [0.1, 0.15) is 5.82 Å². The van der Waals surface area contributed by atoms with E-state index in [-0.39, 0.29) is 11.9 Å². The average Bonchev–Trinajstić information content (AvgIpc) is 2.88. The molecule has 3 unspecified atom stereocenters. The Hall–Kier alpha value is -0.450. The topological polar surface area (TPSA) is 21.3 Å². The normalized spacial score (nSPS) is 24.6. The molecule has 0 amide bonds. The minimum absolute atomic E-state index is 0.129. The van der Waals surface area contributed by atoms with Crippen molar-refractivity contribution in [2.45, 2.75) is 38.3 Å². The highest BCUT2D eigenvalue weighted by molar-refractivity contribution is 9.10. The maximum Gasteiger partial charge on any atom is 0.126 e. The molecule has 1 aliphatic heterocycles. The predicted molar refractivity (Wildman–Crippen MR) is 78.8 cm³/mol. The van der Waals surface area contributed by atoms with Gasteiger partial charge in [0.05, 0.1) is 6.10 Å². The molecule has 0 aliphatic carbocycles. The number of likely N-dealkylation sites (N-methyl/N-ethyl adjacent to an activating group) is 1. The highest BCUT2D eigenvalue weighted by Crippen LogP contribution is 2.29. The van der Waals surface area contributed by atoms with E-state index in [1.165, 1.54) is 6.07 Å². The van der Waals surface area contributed by atoms with E-state index in [2.05, 4.69) is 28.2 Å². The number of ether oxygens (including phenoxy) is 1. The highest BCUT2D eigenvalue weighted by atomic mass is 79.9. The summed E-state index contributed by atoms with van der Waals surface area (Å²) in [6.45, 7) is 2.97. The van der Waals surface area contributed by atoms with Crippen LogP contribution in [-0.4, -0.2) is 25.8 Å². The Kier molecular flexibility index (Phi) is 5.37. The van der Waals surface area contributed by atoms with E-state index in [9.17, 15) is 4.39 Å². The maximum absolute atomic E-state index is 13.9. The van der Waals surface area contributed by atoms with Gasteiger partial charge in [-0.3, -0.25) is 0 Å². The SMILES string of the molecule is CCC1OCCC1C(Cc1cc(Br)ccc1F)NC. The summed E-state index contributed by atoms with van der Waals surface area (Å²) in [5.41, 5.74) is 0.760. The number of rotatable bonds is 5. The second kappa shape index (κ2) is 6.82. The molecule has 0 aromatic heterocycles. The highest BCUT2D eigenvalue weighted by Gasteiger charge is 2.33. The van der Waals surface area contributed by atoms with Gasteiger partial charge in [0.15, 0.2) is 0 Å². The van der Waals surface area contributed by atoms with Crippen molar-refractivity contribution >= 4 is 15.9 Å². The standard InChI is InChI=1S/C15H21BrFNO/c1-3-15-12(6-7-19-15)14(18-2)9-10-8-11(16)4-5-13(10)17/h4-5,8,12,14-15,18H,3,6-7,9H2,1-2H3. The Morgan fingerprint density at radius 3 is 3.00 bits per heavy atom. The van der Waals surface area contributed by atoms with Crippen molar-refractivity contribution in [2.24, 2.45) is 5.92 Å². The molecule has 106 valence electrons. The third kappa shape index (κ3) is 3.56. The lowest BCUT2D eigenvalue weighted by Crippen LogP contribution is -2.39. The quantitative estimate of drug-likeness (QED) is 0.892. The first-order valence-electron chi connectivity index (χ1n) is 6.88. The van der Waals surface area contributed by atoms with Gasteiger partial charge in [-0.1, -0.05) is 22.9 Å². The van der Waals surface area contributed by atoms with E-state index in [1.807, 2.05) is 13.1 Å². The van der Waals surface area contributed by atoms with Crippen molar-refractivity contribution in [3.05, 3.63) is 34.1 Å². The third-order valence-corrected chi connectivity index (χ3v) is 4.49. The van der Waals surface area contributed by atoms with Gasteiger partial charge in [-0.05, 0) is 50.1 Å². The minimum atomic E-state index is -0.129. The van der Waals surface area contributed by atoms with E-state index in [0.29, 0.717) is 18.4 Å². The Morgan fingerprint density at radius 1 is 1.53 bits per heavy atom. The molecule has 1 N–H and O–H groups in total. The number of halogens is 2. The van der Waals surface area contributed by atoms with Crippen LogP contribution in [0.15, 0.2) is 22.7 Å². The number of nitrogens with one attached hydrogen (secondary N) is 1. The first kappa shape index (κ1) is 14.9. The van der Waals surface area contributed by atoms with Crippen LogP contribution in [0.3, 0.4) is 0 Å². The summed E-state index contributed by atoms with van der Waals surface area (Å²) in [6.07, 6.45) is 3.07.